The molecule has 0 heterocycles. The first-order valence-corrected chi connectivity index (χ1v) is 8.34. The lowest BCUT2D eigenvalue weighted by Gasteiger charge is -2.07. The summed E-state index contributed by atoms with van der Waals surface area (Å²) in [6, 6.07) is 3.59. The summed E-state index contributed by atoms with van der Waals surface area (Å²) < 4.78 is 22.7. The minimum Gasteiger partial charge on any atom is -0.481 e. The van der Waals surface area contributed by atoms with Gasteiger partial charge in [-0.15, -0.1) is 11.8 Å². The number of hydrogen-bond acceptors (Lipinski definition) is 6. The molecule has 0 aromatic heterocycles. The zero-order chi connectivity index (χ0) is 15.5. The SMILES string of the molecule is CC(CSc1ccc(S(C)(=O)=O)cc1[N+](=O)[O-])C(=O)O. The van der Waals surface area contributed by atoms with Gasteiger partial charge in [0.1, 0.15) is 0 Å². The van der Waals surface area contributed by atoms with Crippen molar-refractivity contribution in [3.8, 4) is 0 Å². The van der Waals surface area contributed by atoms with Crippen LogP contribution in [0.4, 0.5) is 5.69 Å². The molecule has 20 heavy (non-hydrogen) atoms. The number of carboxylic acid groups (broad SMARTS) is 1. The zero-order valence-corrected chi connectivity index (χ0v) is 12.4. The molecule has 1 aromatic rings. The minimum absolute atomic E-state index is 0.139. The van der Waals surface area contributed by atoms with Gasteiger partial charge < -0.3 is 5.11 Å². The number of carboxylic acids is 1. The Morgan fingerprint density at radius 3 is 2.55 bits per heavy atom. The lowest BCUT2D eigenvalue weighted by molar-refractivity contribution is -0.388. The first-order chi connectivity index (χ1) is 9.12. The molecule has 0 spiro atoms. The number of aliphatic carboxylic acids is 1. The van der Waals surface area contributed by atoms with Crippen molar-refractivity contribution in [1.29, 1.82) is 0 Å². The van der Waals surface area contributed by atoms with E-state index in [1.807, 2.05) is 0 Å². The Hall–Kier alpha value is -1.61. The van der Waals surface area contributed by atoms with Crippen LogP contribution < -0.4 is 0 Å². The van der Waals surface area contributed by atoms with Crippen molar-refractivity contribution in [2.75, 3.05) is 12.0 Å². The molecule has 110 valence electrons. The normalized spacial score (nSPS) is 12.9. The molecule has 0 aliphatic carbocycles. The summed E-state index contributed by atoms with van der Waals surface area (Å²) in [4.78, 5) is 21.1. The van der Waals surface area contributed by atoms with Gasteiger partial charge >= 0.3 is 5.97 Å². The number of benzene rings is 1. The molecule has 0 radical (unpaired) electrons. The maximum Gasteiger partial charge on any atom is 0.307 e. The summed E-state index contributed by atoms with van der Waals surface area (Å²) >= 11 is 1.01. The molecule has 0 saturated heterocycles. The topological polar surface area (TPSA) is 115 Å². The van der Waals surface area contributed by atoms with E-state index in [2.05, 4.69) is 0 Å². The standard InChI is InChI=1S/C11H13NO6S2/c1-7(11(13)14)6-19-10-4-3-8(20(2,17)18)5-9(10)12(15)16/h3-5,7H,6H2,1-2H3,(H,13,14). The van der Waals surface area contributed by atoms with Crippen LogP contribution in [-0.4, -0.2) is 36.4 Å². The lowest BCUT2D eigenvalue weighted by Crippen LogP contribution is -2.11. The molecule has 0 amide bonds. The quantitative estimate of drug-likeness (QED) is 0.483. The van der Waals surface area contributed by atoms with Gasteiger partial charge in [0.15, 0.2) is 9.84 Å². The second kappa shape index (κ2) is 6.23. The van der Waals surface area contributed by atoms with Crippen LogP contribution in [0.2, 0.25) is 0 Å². The van der Waals surface area contributed by atoms with Crippen molar-refractivity contribution in [2.45, 2.75) is 16.7 Å². The van der Waals surface area contributed by atoms with Gasteiger partial charge in [0.25, 0.3) is 5.69 Å². The van der Waals surface area contributed by atoms with Crippen LogP contribution in [0, 0.1) is 16.0 Å². The van der Waals surface area contributed by atoms with Crippen molar-refractivity contribution >= 4 is 33.3 Å². The van der Waals surface area contributed by atoms with Crippen LogP contribution in [-0.2, 0) is 14.6 Å². The Kier molecular flexibility index (Phi) is 5.12. The fraction of sp³-hybridized carbons (Fsp3) is 0.364. The molecular formula is C11H13NO6S2. The number of thioether (sulfide) groups is 1. The number of nitro benzene ring substituents is 1. The highest BCUT2D eigenvalue weighted by atomic mass is 32.2. The molecule has 0 aliphatic heterocycles. The predicted octanol–water partition coefficient (Wildman–Crippen LogP) is 1.81. The zero-order valence-electron chi connectivity index (χ0n) is 10.8. The first kappa shape index (κ1) is 16.4. The number of nitro groups is 1. The van der Waals surface area contributed by atoms with Gasteiger partial charge in [-0.1, -0.05) is 6.92 Å². The predicted molar refractivity (Wildman–Crippen MR) is 73.7 cm³/mol. The summed E-state index contributed by atoms with van der Waals surface area (Å²) in [6.07, 6.45) is 0.964. The van der Waals surface area contributed by atoms with Crippen molar-refractivity contribution < 1.29 is 23.2 Å². The summed E-state index contributed by atoms with van der Waals surface area (Å²) in [6.45, 7) is 1.49. The minimum atomic E-state index is -3.53. The Morgan fingerprint density at radius 1 is 1.50 bits per heavy atom. The van der Waals surface area contributed by atoms with Crippen LogP contribution in [0.3, 0.4) is 0 Å². The van der Waals surface area contributed by atoms with E-state index in [9.17, 15) is 23.3 Å². The molecule has 9 heteroatoms. The van der Waals surface area contributed by atoms with Gasteiger partial charge in [-0.3, -0.25) is 14.9 Å². The largest absolute Gasteiger partial charge is 0.481 e. The summed E-state index contributed by atoms with van der Waals surface area (Å²) in [5.41, 5.74) is -0.337. The molecule has 0 saturated carbocycles. The second-order valence-electron chi connectivity index (χ2n) is 4.21. The molecular weight excluding hydrogens is 306 g/mol. The summed E-state index contributed by atoms with van der Waals surface area (Å²) in [7, 11) is -3.53. The lowest BCUT2D eigenvalue weighted by atomic mass is 10.2. The molecule has 0 bridgehead atoms. The van der Waals surface area contributed by atoms with Crippen LogP contribution in [0.25, 0.3) is 0 Å². The maximum atomic E-state index is 11.4. The maximum absolute atomic E-state index is 11.4. The summed E-state index contributed by atoms with van der Waals surface area (Å²) in [5, 5.41) is 19.7. The molecule has 1 unspecified atom stereocenters. The molecule has 1 rings (SSSR count). The number of hydrogen-bond donors (Lipinski definition) is 1. The Morgan fingerprint density at radius 2 is 2.10 bits per heavy atom. The van der Waals surface area contributed by atoms with Crippen LogP contribution >= 0.6 is 11.8 Å². The van der Waals surface area contributed by atoms with Crippen LogP contribution in [0.1, 0.15) is 6.92 Å². The second-order valence-corrected chi connectivity index (χ2v) is 7.29. The Labute approximate surface area is 120 Å². The fourth-order valence-corrected chi connectivity index (χ4v) is 2.94. The average molecular weight is 319 g/mol. The highest BCUT2D eigenvalue weighted by molar-refractivity contribution is 7.99. The Bertz CT molecular complexity index is 640. The van der Waals surface area contributed by atoms with Crippen LogP contribution in [0.5, 0.6) is 0 Å². The van der Waals surface area contributed by atoms with Crippen molar-refractivity contribution in [3.05, 3.63) is 28.3 Å². The number of nitrogens with zero attached hydrogens (tertiary/aromatic N) is 1. The van der Waals surface area contributed by atoms with Crippen molar-refractivity contribution in [2.24, 2.45) is 5.92 Å². The van der Waals surface area contributed by atoms with E-state index in [4.69, 9.17) is 5.11 Å². The third-order valence-electron chi connectivity index (χ3n) is 2.47. The molecule has 0 fully saturated rings. The molecule has 0 aliphatic rings. The van der Waals surface area contributed by atoms with Gasteiger partial charge in [-0.2, -0.15) is 0 Å². The first-order valence-electron chi connectivity index (χ1n) is 5.47. The smallest absolute Gasteiger partial charge is 0.307 e. The highest BCUT2D eigenvalue weighted by Crippen LogP contribution is 2.32. The van der Waals surface area contributed by atoms with Gasteiger partial charge in [0.2, 0.25) is 0 Å². The van der Waals surface area contributed by atoms with E-state index in [0.717, 1.165) is 24.1 Å². The van der Waals surface area contributed by atoms with E-state index in [0.29, 0.717) is 0 Å². The molecule has 1 atom stereocenters. The van der Waals surface area contributed by atoms with E-state index in [-0.39, 0.29) is 21.2 Å². The van der Waals surface area contributed by atoms with Gasteiger partial charge in [-0.05, 0) is 12.1 Å². The van der Waals surface area contributed by atoms with Crippen LogP contribution in [0.15, 0.2) is 28.0 Å². The van der Waals surface area contributed by atoms with Gasteiger partial charge in [0, 0.05) is 18.1 Å². The van der Waals surface area contributed by atoms with E-state index < -0.39 is 26.6 Å². The molecule has 7 nitrogen and oxygen atoms in total. The van der Waals surface area contributed by atoms with Crippen molar-refractivity contribution in [1.82, 2.24) is 0 Å². The van der Waals surface area contributed by atoms with Crippen molar-refractivity contribution in [3.63, 3.8) is 0 Å². The van der Waals surface area contributed by atoms with Gasteiger partial charge in [0.05, 0.1) is 20.6 Å². The number of sulfone groups is 1. The number of rotatable bonds is 6. The Balaban J connectivity index is 3.09. The van der Waals surface area contributed by atoms with E-state index >= 15 is 0 Å². The fourth-order valence-electron chi connectivity index (χ4n) is 1.28. The highest BCUT2D eigenvalue weighted by Gasteiger charge is 2.20. The van der Waals surface area contributed by atoms with Gasteiger partial charge in [-0.25, -0.2) is 8.42 Å². The molecule has 1 aromatic carbocycles. The van der Waals surface area contributed by atoms with E-state index in [1.165, 1.54) is 19.1 Å². The summed E-state index contributed by atoms with van der Waals surface area (Å²) in [5.74, 6) is -1.49. The number of carbonyl (C=O) groups is 1. The third kappa shape index (κ3) is 4.20. The van der Waals surface area contributed by atoms with E-state index in [1.54, 1.807) is 0 Å². The average Bonchev–Trinajstić information content (AvgIpc) is 2.34. The molecule has 1 N–H and O–H groups in total. The monoisotopic (exact) mass is 319 g/mol. The third-order valence-corrected chi connectivity index (χ3v) is 4.90.